The third kappa shape index (κ3) is 3.34. The lowest BCUT2D eigenvalue weighted by Crippen LogP contribution is -2.76. The Kier molecular flexibility index (Phi) is 4.26. The third-order valence-electron chi connectivity index (χ3n) is 4.25. The summed E-state index contributed by atoms with van der Waals surface area (Å²) >= 11 is 0. The van der Waals surface area contributed by atoms with E-state index in [0.29, 0.717) is 30.6 Å². The van der Waals surface area contributed by atoms with E-state index in [1.165, 1.54) is 11.3 Å². The maximum atomic E-state index is 12.0. The SMILES string of the molecule is O=C1CC(=[NH+]C[C@@H]2CCCO2)C[C@@H](c2ccccc2)C1. The van der Waals surface area contributed by atoms with Crippen molar-refractivity contribution in [1.29, 1.82) is 0 Å². The molecular weight excluding hydrogens is 250 g/mol. The molecule has 2 fully saturated rings. The number of carbonyl (C=O) groups is 1. The van der Waals surface area contributed by atoms with Crippen molar-refractivity contribution in [2.75, 3.05) is 13.2 Å². The molecule has 1 saturated carbocycles. The van der Waals surface area contributed by atoms with Crippen LogP contribution in [-0.4, -0.2) is 30.8 Å². The largest absolute Gasteiger partial charge is 0.372 e. The number of nitrogens with one attached hydrogen (secondary N) is 1. The first-order chi connectivity index (χ1) is 9.81. The highest BCUT2D eigenvalue weighted by Crippen LogP contribution is 2.28. The zero-order chi connectivity index (χ0) is 13.8. The van der Waals surface area contributed by atoms with Crippen LogP contribution in [0.3, 0.4) is 0 Å². The number of ketones is 1. The van der Waals surface area contributed by atoms with Gasteiger partial charge in [-0.1, -0.05) is 30.3 Å². The van der Waals surface area contributed by atoms with Crippen molar-refractivity contribution in [3.05, 3.63) is 35.9 Å². The molecule has 3 rings (SSSR count). The van der Waals surface area contributed by atoms with Crippen LogP contribution in [0.25, 0.3) is 0 Å². The van der Waals surface area contributed by atoms with Crippen LogP contribution in [0.15, 0.2) is 30.3 Å². The van der Waals surface area contributed by atoms with Gasteiger partial charge in [0.1, 0.15) is 11.9 Å². The van der Waals surface area contributed by atoms with Crippen LogP contribution in [-0.2, 0) is 9.53 Å². The van der Waals surface area contributed by atoms with Gasteiger partial charge < -0.3 is 4.74 Å². The molecule has 1 aromatic rings. The van der Waals surface area contributed by atoms with Crippen molar-refractivity contribution in [3.63, 3.8) is 0 Å². The van der Waals surface area contributed by atoms with Gasteiger partial charge in [-0.15, -0.1) is 0 Å². The van der Waals surface area contributed by atoms with Crippen molar-refractivity contribution in [2.45, 2.75) is 44.1 Å². The van der Waals surface area contributed by atoms with E-state index in [1.807, 2.05) is 18.2 Å². The minimum Gasteiger partial charge on any atom is -0.372 e. The molecule has 2 aliphatic rings. The summed E-state index contributed by atoms with van der Waals surface area (Å²) in [5.74, 6) is 0.685. The second-order valence-electron chi connectivity index (χ2n) is 5.85. The summed E-state index contributed by atoms with van der Waals surface area (Å²) < 4.78 is 5.62. The summed E-state index contributed by atoms with van der Waals surface area (Å²) in [6, 6.07) is 10.4. The van der Waals surface area contributed by atoms with Crippen molar-refractivity contribution < 1.29 is 14.5 Å². The highest BCUT2D eigenvalue weighted by Gasteiger charge is 2.29. The summed E-state index contributed by atoms with van der Waals surface area (Å²) in [7, 11) is 0. The predicted octanol–water partition coefficient (Wildman–Crippen LogP) is 1.22. The van der Waals surface area contributed by atoms with E-state index in [0.717, 1.165) is 32.4 Å². The topological polar surface area (TPSA) is 40.3 Å². The fraction of sp³-hybridized carbons (Fsp3) is 0.529. The lowest BCUT2D eigenvalue weighted by atomic mass is 9.82. The number of hydrogen-bond donors (Lipinski definition) is 1. The van der Waals surface area contributed by atoms with Crippen molar-refractivity contribution in [1.82, 2.24) is 0 Å². The first-order valence-electron chi connectivity index (χ1n) is 7.58. The monoisotopic (exact) mass is 272 g/mol. The maximum absolute atomic E-state index is 12.0. The Morgan fingerprint density at radius 2 is 2.05 bits per heavy atom. The molecule has 0 aromatic heterocycles. The van der Waals surface area contributed by atoms with Gasteiger partial charge >= 0.3 is 0 Å². The van der Waals surface area contributed by atoms with Crippen LogP contribution in [0.5, 0.6) is 0 Å². The van der Waals surface area contributed by atoms with Crippen molar-refractivity contribution >= 4 is 11.5 Å². The number of Topliss-reactive ketones (excluding diaryl/α,β-unsaturated/α-hetero) is 1. The molecule has 0 radical (unpaired) electrons. The smallest absolute Gasteiger partial charge is 0.166 e. The minimum atomic E-state index is 0.328. The van der Waals surface area contributed by atoms with Gasteiger partial charge in [0.25, 0.3) is 0 Å². The zero-order valence-electron chi connectivity index (χ0n) is 11.8. The van der Waals surface area contributed by atoms with Crippen LogP contribution in [0.2, 0.25) is 0 Å². The van der Waals surface area contributed by atoms with E-state index in [4.69, 9.17) is 4.74 Å². The molecule has 1 N–H and O–H groups in total. The van der Waals surface area contributed by atoms with Crippen LogP contribution < -0.4 is 4.99 Å². The van der Waals surface area contributed by atoms with Gasteiger partial charge in [-0.25, -0.2) is 4.99 Å². The molecule has 1 saturated heterocycles. The summed E-state index contributed by atoms with van der Waals surface area (Å²) in [5, 5.41) is 0. The quantitative estimate of drug-likeness (QED) is 0.899. The van der Waals surface area contributed by atoms with Gasteiger partial charge in [0.05, 0.1) is 6.42 Å². The van der Waals surface area contributed by atoms with Gasteiger partial charge in [0.15, 0.2) is 12.3 Å². The molecule has 1 aliphatic heterocycles. The molecule has 0 unspecified atom stereocenters. The Balaban J connectivity index is 1.66. The van der Waals surface area contributed by atoms with Gasteiger partial charge in [-0.05, 0) is 18.4 Å². The lowest BCUT2D eigenvalue weighted by molar-refractivity contribution is -0.471. The molecule has 0 bridgehead atoms. The fourth-order valence-corrected chi connectivity index (χ4v) is 3.19. The highest BCUT2D eigenvalue weighted by molar-refractivity contribution is 6.02. The molecule has 3 heteroatoms. The van der Waals surface area contributed by atoms with Crippen molar-refractivity contribution in [3.8, 4) is 0 Å². The lowest BCUT2D eigenvalue weighted by Gasteiger charge is -2.20. The maximum Gasteiger partial charge on any atom is 0.166 e. The highest BCUT2D eigenvalue weighted by atomic mass is 16.5. The number of ether oxygens (including phenoxy) is 1. The molecule has 1 heterocycles. The summed E-state index contributed by atoms with van der Waals surface area (Å²) in [4.78, 5) is 15.4. The minimum absolute atomic E-state index is 0.328. The summed E-state index contributed by atoms with van der Waals surface area (Å²) in [5.41, 5.74) is 2.46. The van der Waals surface area contributed by atoms with Gasteiger partial charge in [0.2, 0.25) is 0 Å². The molecule has 1 aromatic carbocycles. The first kappa shape index (κ1) is 13.5. The Hall–Kier alpha value is -1.48. The Bertz CT molecular complexity index is 489. The van der Waals surface area contributed by atoms with Crippen LogP contribution in [0, 0.1) is 0 Å². The van der Waals surface area contributed by atoms with E-state index in [9.17, 15) is 4.79 Å². The summed E-state index contributed by atoms with van der Waals surface area (Å²) in [6.07, 6.45) is 4.87. The van der Waals surface area contributed by atoms with Crippen LogP contribution in [0.4, 0.5) is 0 Å². The zero-order valence-corrected chi connectivity index (χ0v) is 11.8. The number of hydrogen-bond acceptors (Lipinski definition) is 2. The number of carbonyl (C=O) groups excluding carboxylic acids is 1. The molecule has 0 spiro atoms. The van der Waals surface area contributed by atoms with E-state index in [2.05, 4.69) is 17.1 Å². The molecular formula is C17H22NO2+. The fourth-order valence-electron chi connectivity index (χ4n) is 3.19. The number of rotatable bonds is 3. The molecule has 1 aliphatic carbocycles. The van der Waals surface area contributed by atoms with E-state index >= 15 is 0 Å². The van der Waals surface area contributed by atoms with E-state index in [1.54, 1.807) is 0 Å². The molecule has 106 valence electrons. The first-order valence-corrected chi connectivity index (χ1v) is 7.58. The predicted molar refractivity (Wildman–Crippen MR) is 77.9 cm³/mol. The van der Waals surface area contributed by atoms with Crippen molar-refractivity contribution in [2.24, 2.45) is 0 Å². The van der Waals surface area contributed by atoms with Crippen LogP contribution >= 0.6 is 0 Å². The second kappa shape index (κ2) is 6.31. The van der Waals surface area contributed by atoms with E-state index in [-0.39, 0.29) is 0 Å². The standard InChI is InChI=1S/C17H21NO2/c19-16-10-14(13-5-2-1-3-6-13)9-15(11-16)18-12-17-7-4-8-20-17/h1-3,5-6,14,17H,4,7-12H2/p+1/t14-,17+/m1/s1. The Labute approximate surface area is 120 Å². The normalized spacial score (nSPS) is 29.0. The second-order valence-corrected chi connectivity index (χ2v) is 5.85. The van der Waals surface area contributed by atoms with Gasteiger partial charge in [-0.2, -0.15) is 0 Å². The Morgan fingerprint density at radius 1 is 1.20 bits per heavy atom. The molecule has 0 amide bonds. The molecule has 2 atom stereocenters. The average molecular weight is 272 g/mol. The average Bonchev–Trinajstić information content (AvgIpc) is 2.99. The number of benzene rings is 1. The van der Waals surface area contributed by atoms with Gasteiger partial charge in [-0.3, -0.25) is 4.79 Å². The summed E-state index contributed by atoms with van der Waals surface area (Å²) in [6.45, 7) is 1.73. The van der Waals surface area contributed by atoms with E-state index < -0.39 is 0 Å². The van der Waals surface area contributed by atoms with Gasteiger partial charge in [0, 0.05) is 25.4 Å². The molecule has 20 heavy (non-hydrogen) atoms. The Morgan fingerprint density at radius 3 is 2.80 bits per heavy atom. The van der Waals surface area contributed by atoms with Crippen LogP contribution in [0.1, 0.15) is 43.6 Å². The molecule has 3 nitrogen and oxygen atoms in total. The third-order valence-corrected chi connectivity index (χ3v) is 4.25.